The highest BCUT2D eigenvalue weighted by molar-refractivity contribution is 5.80. The van der Waals surface area contributed by atoms with Gasteiger partial charge in [-0.25, -0.2) is 0 Å². The first-order valence-electron chi connectivity index (χ1n) is 35.9. The Labute approximate surface area is 516 Å². The van der Waals surface area contributed by atoms with Crippen LogP contribution in [0.25, 0.3) is 0 Å². The van der Waals surface area contributed by atoms with E-state index in [9.17, 15) is 35.1 Å². The predicted molar refractivity (Wildman–Crippen MR) is 352 cm³/mol. The van der Waals surface area contributed by atoms with Gasteiger partial charge in [-0.05, 0) is 83.5 Å². The Bertz CT molecular complexity index is 1550. The minimum Gasteiger partial charge on any atom is -0.454 e. The first-order chi connectivity index (χ1) is 41.2. The Kier molecular flexibility index (Phi) is 57.7. The first kappa shape index (κ1) is 79.6. The number of aliphatic hydroxyl groups is 5. The minimum absolute atomic E-state index is 0.126. The van der Waals surface area contributed by atoms with Crippen molar-refractivity contribution in [1.82, 2.24) is 5.32 Å². The molecule has 1 fully saturated rings. The first-order valence-corrected chi connectivity index (χ1v) is 35.9. The molecule has 492 valence electrons. The maximum absolute atomic E-state index is 13.5. The summed E-state index contributed by atoms with van der Waals surface area (Å²) in [5.74, 6) is -1.19. The van der Waals surface area contributed by atoms with Crippen molar-refractivity contribution in [2.45, 2.75) is 391 Å². The molecule has 1 aliphatic rings. The van der Waals surface area contributed by atoms with Gasteiger partial charge in [-0.3, -0.25) is 9.59 Å². The van der Waals surface area contributed by atoms with Gasteiger partial charge in [-0.1, -0.05) is 301 Å². The van der Waals surface area contributed by atoms with E-state index in [4.69, 9.17) is 14.2 Å². The summed E-state index contributed by atoms with van der Waals surface area (Å²) in [5, 5.41) is 57.2. The van der Waals surface area contributed by atoms with Crippen molar-refractivity contribution in [2.24, 2.45) is 0 Å². The highest BCUT2D eigenvalue weighted by Crippen LogP contribution is 2.26. The van der Waals surface area contributed by atoms with E-state index in [1.807, 2.05) is 6.08 Å². The summed E-state index contributed by atoms with van der Waals surface area (Å²) in [5.41, 5.74) is 0. The van der Waals surface area contributed by atoms with Crippen LogP contribution in [0.15, 0.2) is 48.6 Å². The van der Waals surface area contributed by atoms with Crippen LogP contribution in [-0.2, 0) is 23.8 Å². The van der Waals surface area contributed by atoms with Crippen molar-refractivity contribution in [1.29, 1.82) is 0 Å². The van der Waals surface area contributed by atoms with Crippen molar-refractivity contribution in [3.05, 3.63) is 48.6 Å². The van der Waals surface area contributed by atoms with Gasteiger partial charge in [-0.15, -0.1) is 0 Å². The van der Waals surface area contributed by atoms with E-state index in [0.717, 1.165) is 70.6 Å². The largest absolute Gasteiger partial charge is 0.454 e. The van der Waals surface area contributed by atoms with E-state index >= 15 is 0 Å². The number of ether oxygens (including phenoxy) is 3. The van der Waals surface area contributed by atoms with Crippen LogP contribution in [-0.4, -0.2) is 99.6 Å². The van der Waals surface area contributed by atoms with E-state index in [-0.39, 0.29) is 19.4 Å². The Hall–Kier alpha value is -2.38. The average molecular weight is 1190 g/mol. The summed E-state index contributed by atoms with van der Waals surface area (Å²) in [6.45, 7) is 5.80. The summed E-state index contributed by atoms with van der Waals surface area (Å²) in [6, 6.07) is -1.03. The third kappa shape index (κ3) is 47.7. The van der Waals surface area contributed by atoms with Crippen LogP contribution < -0.4 is 5.32 Å². The van der Waals surface area contributed by atoms with E-state index in [1.165, 1.54) is 225 Å². The number of hydrogen-bond acceptors (Lipinski definition) is 10. The molecule has 1 aliphatic heterocycles. The molecule has 0 aromatic rings. The summed E-state index contributed by atoms with van der Waals surface area (Å²) in [4.78, 5) is 26.7. The molecule has 0 radical (unpaired) electrons. The van der Waals surface area contributed by atoms with E-state index in [0.29, 0.717) is 12.8 Å². The van der Waals surface area contributed by atoms with Crippen molar-refractivity contribution in [2.75, 3.05) is 13.2 Å². The molecular formula is C73H135NO10. The number of hydrogen-bond donors (Lipinski definition) is 6. The molecule has 11 heteroatoms. The number of carbonyl (C=O) groups is 2. The number of esters is 1. The standard InChI is InChI=1S/C73H135NO10/c1-4-7-10-13-16-19-22-25-27-29-31-32-33-34-35-36-37-39-41-43-46-49-52-55-58-61-68(78)84-71-70(80)69(79)67(62-75)83-73(71)82-63-64(65(76)59-56-53-50-47-44-24-21-18-15-12-9-6-3)74-72(81)66(77)60-57-54-51-48-45-42-40-38-30-28-26-23-20-17-14-11-8-5-2/h17,20,25-28,56,59,64-67,69-71,73,75-77,79-80H,4-16,18-19,21-24,29-55,57-58,60-63H2,1-3H3,(H,74,81)/b20-17-,27-25+,28-26-,59-56+. The second-order valence-electron chi connectivity index (χ2n) is 25.0. The summed E-state index contributed by atoms with van der Waals surface area (Å²) >= 11 is 0. The van der Waals surface area contributed by atoms with Crippen LogP contribution in [0.1, 0.15) is 342 Å². The van der Waals surface area contributed by atoms with Crippen LogP contribution in [0.2, 0.25) is 0 Å². The fraction of sp³-hybridized carbons (Fsp3) is 0.863. The molecule has 1 rings (SSSR count). The molecule has 84 heavy (non-hydrogen) atoms. The molecule has 1 amide bonds. The predicted octanol–water partition coefficient (Wildman–Crippen LogP) is 18.3. The lowest BCUT2D eigenvalue weighted by molar-refractivity contribution is -0.305. The zero-order valence-corrected chi connectivity index (χ0v) is 54.8. The van der Waals surface area contributed by atoms with Gasteiger partial charge in [0.05, 0.1) is 25.4 Å². The maximum Gasteiger partial charge on any atom is 0.306 e. The monoisotopic (exact) mass is 1190 g/mol. The fourth-order valence-corrected chi connectivity index (χ4v) is 11.3. The molecule has 11 nitrogen and oxygen atoms in total. The van der Waals surface area contributed by atoms with Crippen molar-refractivity contribution < 1.29 is 49.3 Å². The number of rotatable bonds is 62. The van der Waals surface area contributed by atoms with Gasteiger partial charge in [0.1, 0.15) is 24.4 Å². The number of allylic oxidation sites excluding steroid dienone is 7. The van der Waals surface area contributed by atoms with Crippen molar-refractivity contribution >= 4 is 11.9 Å². The zero-order chi connectivity index (χ0) is 61.0. The van der Waals surface area contributed by atoms with Gasteiger partial charge in [0, 0.05) is 6.42 Å². The van der Waals surface area contributed by atoms with Gasteiger partial charge in [-0.2, -0.15) is 0 Å². The van der Waals surface area contributed by atoms with Crippen LogP contribution in [0, 0.1) is 0 Å². The number of amides is 1. The Morgan fingerprint density at radius 2 is 0.821 bits per heavy atom. The highest BCUT2D eigenvalue weighted by atomic mass is 16.7. The summed E-state index contributed by atoms with van der Waals surface area (Å²) < 4.78 is 17.7. The molecule has 1 heterocycles. The normalized spacial score (nSPS) is 18.7. The van der Waals surface area contributed by atoms with Gasteiger partial charge in [0.25, 0.3) is 0 Å². The third-order valence-electron chi connectivity index (χ3n) is 17.0. The van der Waals surface area contributed by atoms with Gasteiger partial charge in [0.15, 0.2) is 12.4 Å². The van der Waals surface area contributed by atoms with Gasteiger partial charge in [0.2, 0.25) is 5.91 Å². The smallest absolute Gasteiger partial charge is 0.306 e. The molecule has 0 aliphatic carbocycles. The topological polar surface area (TPSA) is 175 Å². The summed E-state index contributed by atoms with van der Waals surface area (Å²) in [7, 11) is 0. The molecule has 0 saturated carbocycles. The molecule has 0 bridgehead atoms. The molecule has 8 unspecified atom stereocenters. The lowest BCUT2D eigenvalue weighted by atomic mass is 9.99. The SMILES string of the molecule is CCCCC/C=C\C/C=C\CCCCCCCCCCC(O)C(=O)NC(COC1OC(CO)C(O)C(O)C1OC(=O)CCCCCCCCCCCCCCCCC/C=C/CCCCCCCC)C(O)/C=C/CCCCCCCCCCCC. The summed E-state index contributed by atoms with van der Waals surface area (Å²) in [6.07, 6.45) is 65.8. The maximum atomic E-state index is 13.5. The van der Waals surface area contributed by atoms with E-state index < -0.39 is 67.4 Å². The lowest BCUT2D eigenvalue weighted by Crippen LogP contribution is -2.61. The third-order valence-corrected chi connectivity index (χ3v) is 17.0. The van der Waals surface area contributed by atoms with Crippen LogP contribution in [0.3, 0.4) is 0 Å². The zero-order valence-electron chi connectivity index (χ0n) is 54.8. The van der Waals surface area contributed by atoms with Gasteiger partial charge < -0.3 is 45.1 Å². The molecular weight excluding hydrogens is 1050 g/mol. The highest BCUT2D eigenvalue weighted by Gasteiger charge is 2.47. The second kappa shape index (κ2) is 60.9. The van der Waals surface area contributed by atoms with Crippen LogP contribution in [0.5, 0.6) is 0 Å². The van der Waals surface area contributed by atoms with Crippen LogP contribution in [0.4, 0.5) is 0 Å². The van der Waals surface area contributed by atoms with Gasteiger partial charge >= 0.3 is 5.97 Å². The Balaban J connectivity index is 2.55. The average Bonchev–Trinajstić information content (AvgIpc) is 3.67. The molecule has 0 aromatic carbocycles. The number of carbonyl (C=O) groups excluding carboxylic acids is 2. The number of unbranched alkanes of at least 4 members (excludes halogenated alkanes) is 42. The fourth-order valence-electron chi connectivity index (χ4n) is 11.3. The van der Waals surface area contributed by atoms with Crippen LogP contribution >= 0.6 is 0 Å². The molecule has 8 atom stereocenters. The van der Waals surface area contributed by atoms with Crippen molar-refractivity contribution in [3.8, 4) is 0 Å². The molecule has 0 spiro atoms. The lowest BCUT2D eigenvalue weighted by Gasteiger charge is -2.41. The van der Waals surface area contributed by atoms with E-state index in [1.54, 1.807) is 6.08 Å². The number of nitrogens with one attached hydrogen (secondary N) is 1. The Morgan fingerprint density at radius 3 is 1.25 bits per heavy atom. The molecule has 0 aromatic heterocycles. The Morgan fingerprint density at radius 1 is 0.464 bits per heavy atom. The number of aliphatic hydroxyl groups excluding tert-OH is 5. The minimum atomic E-state index is -1.61. The molecule has 6 N–H and O–H groups in total. The van der Waals surface area contributed by atoms with E-state index in [2.05, 4.69) is 62.5 Å². The second-order valence-corrected chi connectivity index (χ2v) is 25.0. The molecule has 1 saturated heterocycles. The van der Waals surface area contributed by atoms with Crippen molar-refractivity contribution in [3.63, 3.8) is 0 Å². The quantitative estimate of drug-likeness (QED) is 0.0195.